The Labute approximate surface area is 78.9 Å². The summed E-state index contributed by atoms with van der Waals surface area (Å²) in [4.78, 5) is 0.520. The predicted molar refractivity (Wildman–Crippen MR) is 47.9 cm³/mol. The fraction of sp³-hybridized carbons (Fsp3) is 0.250. The molecule has 0 amide bonds. The molecule has 0 aliphatic carbocycles. The molecule has 0 radical (unpaired) electrons. The average molecular weight is 209 g/mol. The minimum Gasteiger partial charge on any atom is -0.194 e. The monoisotopic (exact) mass is 208 g/mol. The zero-order valence-corrected chi connectivity index (χ0v) is 7.92. The van der Waals surface area contributed by atoms with Gasteiger partial charge in [-0.15, -0.1) is 0 Å². The zero-order chi connectivity index (χ0) is 9.19. The number of rotatable bonds is 2. The highest BCUT2D eigenvalue weighted by Crippen LogP contribution is 2.35. The van der Waals surface area contributed by atoms with Gasteiger partial charge in [0.05, 0.1) is 0 Å². The van der Waals surface area contributed by atoms with Crippen LogP contribution in [0.3, 0.4) is 0 Å². The van der Waals surface area contributed by atoms with Gasteiger partial charge in [-0.25, -0.2) is 0 Å². The zero-order valence-electron chi connectivity index (χ0n) is 6.35. The molecule has 0 aliphatic rings. The van der Waals surface area contributed by atoms with E-state index in [4.69, 9.17) is 11.6 Å². The lowest BCUT2D eigenvalue weighted by atomic mass is 10.4. The first-order chi connectivity index (χ1) is 5.47. The minimum atomic E-state index is -2.73. The van der Waals surface area contributed by atoms with E-state index in [-0.39, 0.29) is 0 Å². The fourth-order valence-electron chi connectivity index (χ4n) is 0.710. The summed E-state index contributed by atoms with van der Waals surface area (Å²) in [6, 6.07) is 6.33. The molecule has 12 heavy (non-hydrogen) atoms. The average Bonchev–Trinajstić information content (AvgIpc) is 1.91. The van der Waals surface area contributed by atoms with Gasteiger partial charge in [-0.3, -0.25) is 0 Å². The predicted octanol–water partition coefficient (Wildman–Crippen LogP) is 4.04. The topological polar surface area (TPSA) is 0 Å². The molecule has 0 fully saturated rings. The van der Waals surface area contributed by atoms with Crippen LogP contribution in [0.25, 0.3) is 0 Å². The van der Waals surface area contributed by atoms with Crippen molar-refractivity contribution in [3.8, 4) is 0 Å². The second-order valence-corrected chi connectivity index (χ2v) is 4.19. The van der Waals surface area contributed by atoms with Gasteiger partial charge in [0.1, 0.15) is 0 Å². The van der Waals surface area contributed by atoms with Crippen LogP contribution in [0.2, 0.25) is 5.02 Å². The highest BCUT2D eigenvalue weighted by atomic mass is 35.5. The highest BCUT2D eigenvalue weighted by molar-refractivity contribution is 8.00. The largest absolute Gasteiger partial charge is 0.295 e. The highest BCUT2D eigenvalue weighted by Gasteiger charge is 2.22. The normalized spacial score (nSPS) is 11.7. The molecule has 0 saturated carbocycles. The van der Waals surface area contributed by atoms with Crippen LogP contribution in [0.5, 0.6) is 0 Å². The van der Waals surface area contributed by atoms with E-state index in [2.05, 4.69) is 0 Å². The van der Waals surface area contributed by atoms with Gasteiger partial charge in [0.2, 0.25) is 0 Å². The van der Waals surface area contributed by atoms with Crippen LogP contribution in [0, 0.1) is 0 Å². The molecule has 1 aromatic carbocycles. The van der Waals surface area contributed by atoms with E-state index in [1.807, 2.05) is 0 Å². The van der Waals surface area contributed by atoms with Crippen LogP contribution in [0.1, 0.15) is 6.92 Å². The van der Waals surface area contributed by atoms with Crippen molar-refractivity contribution in [2.45, 2.75) is 17.1 Å². The molecule has 0 saturated heterocycles. The lowest BCUT2D eigenvalue weighted by Gasteiger charge is -2.08. The SMILES string of the molecule is CC(F)(F)Sc1ccc(Cl)cc1. The lowest BCUT2D eigenvalue weighted by Crippen LogP contribution is -2.01. The third-order valence-corrected chi connectivity index (χ3v) is 2.23. The second-order valence-electron chi connectivity index (χ2n) is 2.36. The van der Waals surface area contributed by atoms with E-state index >= 15 is 0 Å². The molecule has 0 aliphatic heterocycles. The summed E-state index contributed by atoms with van der Waals surface area (Å²) in [5.74, 6) is 0. The van der Waals surface area contributed by atoms with Crippen molar-refractivity contribution in [2.75, 3.05) is 0 Å². The molecule has 0 spiro atoms. The molecule has 1 aromatic rings. The second kappa shape index (κ2) is 3.62. The van der Waals surface area contributed by atoms with E-state index < -0.39 is 5.25 Å². The van der Waals surface area contributed by atoms with Gasteiger partial charge in [-0.05, 0) is 24.3 Å². The van der Waals surface area contributed by atoms with Gasteiger partial charge in [-0.1, -0.05) is 23.4 Å². The summed E-state index contributed by atoms with van der Waals surface area (Å²) < 4.78 is 24.9. The van der Waals surface area contributed by atoms with Crippen LogP contribution < -0.4 is 0 Å². The Morgan fingerprint density at radius 1 is 1.25 bits per heavy atom. The molecule has 66 valence electrons. The lowest BCUT2D eigenvalue weighted by molar-refractivity contribution is 0.129. The Hall–Kier alpha value is -0.280. The Bertz CT molecular complexity index is 253. The molecule has 1 rings (SSSR count). The van der Waals surface area contributed by atoms with Gasteiger partial charge in [0, 0.05) is 16.8 Å². The van der Waals surface area contributed by atoms with Crippen LogP contribution in [-0.2, 0) is 0 Å². The van der Waals surface area contributed by atoms with E-state index in [9.17, 15) is 8.78 Å². The first kappa shape index (κ1) is 9.81. The molecule has 0 heterocycles. The Morgan fingerprint density at radius 2 is 1.75 bits per heavy atom. The number of halogens is 3. The molecular weight excluding hydrogens is 202 g/mol. The van der Waals surface area contributed by atoms with Crippen molar-refractivity contribution in [3.05, 3.63) is 29.3 Å². The maximum absolute atomic E-state index is 12.4. The van der Waals surface area contributed by atoms with Crippen LogP contribution in [0.15, 0.2) is 29.2 Å². The van der Waals surface area contributed by atoms with Gasteiger partial charge < -0.3 is 0 Å². The van der Waals surface area contributed by atoms with Gasteiger partial charge in [0.25, 0.3) is 5.25 Å². The number of alkyl halides is 2. The summed E-state index contributed by atoms with van der Waals surface area (Å²) in [6.45, 7) is 0.867. The molecule has 0 bridgehead atoms. The van der Waals surface area contributed by atoms with Crippen molar-refractivity contribution in [1.29, 1.82) is 0 Å². The van der Waals surface area contributed by atoms with Gasteiger partial charge in [-0.2, -0.15) is 8.78 Å². The third-order valence-electron chi connectivity index (χ3n) is 1.11. The van der Waals surface area contributed by atoms with Crippen LogP contribution >= 0.6 is 23.4 Å². The summed E-state index contributed by atoms with van der Waals surface area (Å²) >= 11 is 6.10. The fourth-order valence-corrected chi connectivity index (χ4v) is 1.52. The summed E-state index contributed by atoms with van der Waals surface area (Å²) in [7, 11) is 0. The Balaban J connectivity index is 2.71. The number of thioether (sulfide) groups is 1. The van der Waals surface area contributed by atoms with Crippen molar-refractivity contribution >= 4 is 23.4 Å². The van der Waals surface area contributed by atoms with Crippen LogP contribution in [0.4, 0.5) is 8.78 Å². The number of hydrogen-bond donors (Lipinski definition) is 0. The summed E-state index contributed by atoms with van der Waals surface area (Å²) in [6.07, 6.45) is 0. The molecule has 4 heteroatoms. The first-order valence-electron chi connectivity index (χ1n) is 3.30. The smallest absolute Gasteiger partial charge is 0.194 e. The van der Waals surface area contributed by atoms with Crippen molar-refractivity contribution < 1.29 is 8.78 Å². The van der Waals surface area contributed by atoms with Crippen LogP contribution in [-0.4, -0.2) is 5.25 Å². The van der Waals surface area contributed by atoms with E-state index in [0.29, 0.717) is 21.7 Å². The molecule has 0 N–H and O–H groups in total. The standard InChI is InChI=1S/C8H7ClF2S/c1-8(10,11)12-7-4-2-6(9)3-5-7/h2-5H,1H3. The summed E-state index contributed by atoms with van der Waals surface area (Å²) in [5, 5.41) is -2.17. The summed E-state index contributed by atoms with van der Waals surface area (Å²) in [5.41, 5.74) is 0. The molecular formula is C8H7ClF2S. The first-order valence-corrected chi connectivity index (χ1v) is 4.49. The maximum atomic E-state index is 12.4. The van der Waals surface area contributed by atoms with Crippen molar-refractivity contribution in [3.63, 3.8) is 0 Å². The Kier molecular flexibility index (Phi) is 2.96. The minimum absolute atomic E-state index is 0.517. The van der Waals surface area contributed by atoms with E-state index in [0.717, 1.165) is 6.92 Å². The van der Waals surface area contributed by atoms with Crippen molar-refractivity contribution in [1.82, 2.24) is 0 Å². The molecule has 0 aromatic heterocycles. The molecule has 0 nitrogen and oxygen atoms in total. The van der Waals surface area contributed by atoms with Gasteiger partial charge in [0.15, 0.2) is 0 Å². The van der Waals surface area contributed by atoms with Crippen molar-refractivity contribution in [2.24, 2.45) is 0 Å². The Morgan fingerprint density at radius 3 is 2.17 bits per heavy atom. The van der Waals surface area contributed by atoms with E-state index in [1.165, 1.54) is 0 Å². The van der Waals surface area contributed by atoms with E-state index in [1.54, 1.807) is 24.3 Å². The number of hydrogen-bond acceptors (Lipinski definition) is 1. The molecule has 0 atom stereocenters. The van der Waals surface area contributed by atoms with Gasteiger partial charge >= 0.3 is 0 Å². The maximum Gasteiger partial charge on any atom is 0.295 e. The quantitative estimate of drug-likeness (QED) is 0.661. The number of benzene rings is 1. The molecule has 0 unspecified atom stereocenters. The third kappa shape index (κ3) is 3.41.